The molecule has 2 heterocycles. The smallest absolute Gasteiger partial charge is 0.224 e. The third-order valence-corrected chi connectivity index (χ3v) is 4.78. The molecule has 126 valence electrons. The van der Waals surface area contributed by atoms with E-state index in [1.807, 2.05) is 12.1 Å². The number of carbonyl (C=O) groups excluding carboxylic acids is 1. The number of amides is 1. The van der Waals surface area contributed by atoms with Crippen molar-refractivity contribution in [2.75, 3.05) is 36.5 Å². The van der Waals surface area contributed by atoms with Crippen LogP contribution in [-0.4, -0.2) is 43.2 Å². The zero-order chi connectivity index (χ0) is 16.1. The van der Waals surface area contributed by atoms with Gasteiger partial charge in [-0.15, -0.1) is 0 Å². The highest BCUT2D eigenvalue weighted by Gasteiger charge is 2.24. The van der Waals surface area contributed by atoms with Gasteiger partial charge in [-0.25, -0.2) is 4.98 Å². The zero-order valence-corrected chi connectivity index (χ0v) is 13.5. The maximum atomic E-state index is 12.2. The van der Waals surface area contributed by atoms with Crippen LogP contribution in [-0.2, 0) is 9.53 Å². The molecule has 1 saturated heterocycles. The van der Waals surface area contributed by atoms with Crippen molar-refractivity contribution < 1.29 is 9.53 Å². The second kappa shape index (κ2) is 7.75. The van der Waals surface area contributed by atoms with Gasteiger partial charge in [0.15, 0.2) is 0 Å². The topological polar surface area (TPSA) is 80.5 Å². The van der Waals surface area contributed by atoms with E-state index in [0.29, 0.717) is 12.3 Å². The lowest BCUT2D eigenvalue weighted by atomic mass is 9.83. The van der Waals surface area contributed by atoms with E-state index in [1.165, 1.54) is 12.8 Å². The maximum absolute atomic E-state index is 12.2. The first-order valence-electron chi connectivity index (χ1n) is 8.56. The normalized spacial score (nSPS) is 25.2. The average Bonchev–Trinajstić information content (AvgIpc) is 2.58. The van der Waals surface area contributed by atoms with Gasteiger partial charge in [0.1, 0.15) is 5.82 Å². The molecule has 1 saturated carbocycles. The van der Waals surface area contributed by atoms with Gasteiger partial charge in [-0.05, 0) is 30.9 Å². The van der Waals surface area contributed by atoms with E-state index in [0.717, 1.165) is 50.7 Å². The summed E-state index contributed by atoms with van der Waals surface area (Å²) in [4.78, 5) is 18.8. The Kier molecular flexibility index (Phi) is 5.46. The lowest BCUT2D eigenvalue weighted by molar-refractivity contribution is -0.117. The molecular weight excluding hydrogens is 292 g/mol. The van der Waals surface area contributed by atoms with Gasteiger partial charge in [0.25, 0.3) is 0 Å². The molecule has 0 spiro atoms. The Morgan fingerprint density at radius 3 is 2.78 bits per heavy atom. The minimum Gasteiger partial charge on any atom is -0.378 e. The van der Waals surface area contributed by atoms with Crippen molar-refractivity contribution in [3.63, 3.8) is 0 Å². The Labute approximate surface area is 137 Å². The standard InChI is InChI=1S/C17H26N4O2/c18-15-4-2-1-3-13(15)11-17(22)20-14-5-6-16(19-12-14)21-7-9-23-10-8-21/h5-6,12-13,15H,1-4,7-11,18H2,(H,20,22). The van der Waals surface area contributed by atoms with Crippen LogP contribution in [0.2, 0.25) is 0 Å². The van der Waals surface area contributed by atoms with Crippen LogP contribution in [0, 0.1) is 5.92 Å². The third kappa shape index (κ3) is 4.42. The van der Waals surface area contributed by atoms with Crippen molar-refractivity contribution in [2.24, 2.45) is 11.7 Å². The Morgan fingerprint density at radius 1 is 1.30 bits per heavy atom. The number of hydrogen-bond acceptors (Lipinski definition) is 5. The number of nitrogens with one attached hydrogen (secondary N) is 1. The molecular formula is C17H26N4O2. The summed E-state index contributed by atoms with van der Waals surface area (Å²) in [7, 11) is 0. The molecule has 0 radical (unpaired) electrons. The number of hydrogen-bond donors (Lipinski definition) is 2. The quantitative estimate of drug-likeness (QED) is 0.884. The molecule has 0 bridgehead atoms. The monoisotopic (exact) mass is 318 g/mol. The Morgan fingerprint density at radius 2 is 2.09 bits per heavy atom. The summed E-state index contributed by atoms with van der Waals surface area (Å²) in [6.07, 6.45) is 6.69. The van der Waals surface area contributed by atoms with Crippen molar-refractivity contribution in [1.29, 1.82) is 0 Å². The van der Waals surface area contributed by atoms with E-state index in [-0.39, 0.29) is 11.9 Å². The van der Waals surface area contributed by atoms with Crippen LogP contribution < -0.4 is 16.0 Å². The molecule has 1 aromatic rings. The van der Waals surface area contributed by atoms with E-state index in [1.54, 1.807) is 6.20 Å². The van der Waals surface area contributed by atoms with Crippen LogP contribution in [0.4, 0.5) is 11.5 Å². The fourth-order valence-corrected chi connectivity index (χ4v) is 3.38. The van der Waals surface area contributed by atoms with E-state index in [2.05, 4.69) is 15.2 Å². The lowest BCUT2D eigenvalue weighted by Gasteiger charge is -2.28. The maximum Gasteiger partial charge on any atom is 0.224 e. The summed E-state index contributed by atoms with van der Waals surface area (Å²) in [5, 5.41) is 2.94. The Balaban J connectivity index is 1.52. The molecule has 1 amide bonds. The minimum atomic E-state index is 0.0354. The number of rotatable bonds is 4. The van der Waals surface area contributed by atoms with Crippen LogP contribution in [0.25, 0.3) is 0 Å². The molecule has 2 aliphatic rings. The first kappa shape index (κ1) is 16.2. The van der Waals surface area contributed by atoms with E-state index >= 15 is 0 Å². The van der Waals surface area contributed by atoms with Crippen molar-refractivity contribution in [3.8, 4) is 0 Å². The molecule has 2 unspecified atom stereocenters. The molecule has 6 heteroatoms. The minimum absolute atomic E-state index is 0.0354. The predicted molar refractivity (Wildman–Crippen MR) is 90.4 cm³/mol. The van der Waals surface area contributed by atoms with E-state index < -0.39 is 0 Å². The summed E-state index contributed by atoms with van der Waals surface area (Å²) in [5.74, 6) is 1.28. The number of nitrogens with zero attached hydrogens (tertiary/aromatic N) is 2. The molecule has 3 rings (SSSR count). The molecule has 3 N–H and O–H groups in total. The van der Waals surface area contributed by atoms with Gasteiger partial charge < -0.3 is 20.7 Å². The van der Waals surface area contributed by atoms with Gasteiger partial charge in [0.2, 0.25) is 5.91 Å². The first-order valence-corrected chi connectivity index (χ1v) is 8.56. The molecule has 2 atom stereocenters. The first-order chi connectivity index (χ1) is 11.2. The van der Waals surface area contributed by atoms with Crippen LogP contribution in [0.15, 0.2) is 18.3 Å². The van der Waals surface area contributed by atoms with Gasteiger partial charge >= 0.3 is 0 Å². The average molecular weight is 318 g/mol. The Hall–Kier alpha value is -1.66. The van der Waals surface area contributed by atoms with Crippen molar-refractivity contribution >= 4 is 17.4 Å². The number of nitrogens with two attached hydrogens (primary N) is 1. The highest BCUT2D eigenvalue weighted by atomic mass is 16.5. The van der Waals surface area contributed by atoms with Crippen LogP contribution in [0.1, 0.15) is 32.1 Å². The largest absolute Gasteiger partial charge is 0.378 e. The SMILES string of the molecule is NC1CCCCC1CC(=O)Nc1ccc(N2CCOCC2)nc1. The summed E-state index contributed by atoms with van der Waals surface area (Å²) < 4.78 is 5.34. The van der Waals surface area contributed by atoms with Gasteiger partial charge in [0, 0.05) is 25.6 Å². The number of morpholine rings is 1. The predicted octanol–water partition coefficient (Wildman–Crippen LogP) is 1.76. The summed E-state index contributed by atoms with van der Waals surface area (Å²) in [6, 6.07) is 4.03. The fourth-order valence-electron chi connectivity index (χ4n) is 3.38. The number of aromatic nitrogens is 1. The van der Waals surface area contributed by atoms with Crippen molar-refractivity contribution in [3.05, 3.63) is 18.3 Å². The summed E-state index contributed by atoms with van der Waals surface area (Å²) >= 11 is 0. The van der Waals surface area contributed by atoms with Gasteiger partial charge in [-0.2, -0.15) is 0 Å². The third-order valence-electron chi connectivity index (χ3n) is 4.78. The fraction of sp³-hybridized carbons (Fsp3) is 0.647. The molecule has 0 aromatic carbocycles. The second-order valence-corrected chi connectivity index (χ2v) is 6.47. The molecule has 1 aliphatic carbocycles. The highest BCUT2D eigenvalue weighted by Crippen LogP contribution is 2.26. The van der Waals surface area contributed by atoms with E-state index in [4.69, 9.17) is 10.5 Å². The van der Waals surface area contributed by atoms with Crippen molar-refractivity contribution in [2.45, 2.75) is 38.1 Å². The number of anilines is 2. The zero-order valence-electron chi connectivity index (χ0n) is 13.5. The summed E-state index contributed by atoms with van der Waals surface area (Å²) in [6.45, 7) is 3.19. The second-order valence-electron chi connectivity index (χ2n) is 6.47. The molecule has 23 heavy (non-hydrogen) atoms. The van der Waals surface area contributed by atoms with Crippen LogP contribution in [0.5, 0.6) is 0 Å². The highest BCUT2D eigenvalue weighted by molar-refractivity contribution is 5.90. The van der Waals surface area contributed by atoms with Crippen molar-refractivity contribution in [1.82, 2.24) is 4.98 Å². The number of pyridine rings is 1. The number of ether oxygens (including phenoxy) is 1. The van der Waals surface area contributed by atoms with E-state index in [9.17, 15) is 4.79 Å². The van der Waals surface area contributed by atoms with Crippen LogP contribution >= 0.6 is 0 Å². The molecule has 6 nitrogen and oxygen atoms in total. The number of carbonyl (C=O) groups is 1. The molecule has 2 fully saturated rings. The van der Waals surface area contributed by atoms with Crippen LogP contribution in [0.3, 0.4) is 0 Å². The lowest BCUT2D eigenvalue weighted by Crippen LogP contribution is -2.36. The summed E-state index contributed by atoms with van der Waals surface area (Å²) in [5.41, 5.74) is 6.86. The molecule has 1 aliphatic heterocycles. The molecule has 1 aromatic heterocycles. The van der Waals surface area contributed by atoms with Gasteiger partial charge in [-0.3, -0.25) is 4.79 Å². The van der Waals surface area contributed by atoms with Gasteiger partial charge in [0.05, 0.1) is 25.1 Å². The Bertz CT molecular complexity index is 514. The van der Waals surface area contributed by atoms with Gasteiger partial charge in [-0.1, -0.05) is 12.8 Å².